The van der Waals surface area contributed by atoms with Gasteiger partial charge in [-0.1, -0.05) is 6.07 Å². The van der Waals surface area contributed by atoms with Gasteiger partial charge in [0.25, 0.3) is 0 Å². The molecule has 4 aromatic rings. The van der Waals surface area contributed by atoms with Crippen molar-refractivity contribution in [2.75, 3.05) is 45.1 Å². The molecule has 8 heteroatoms. The zero-order valence-electron chi connectivity index (χ0n) is 20.0. The van der Waals surface area contributed by atoms with Crippen molar-refractivity contribution >= 4 is 28.3 Å². The molecule has 4 N–H and O–H groups in total. The number of aromatic nitrogens is 3. The molecule has 5 rings (SSSR count). The minimum Gasteiger partial charge on any atom is -0.366 e. The third-order valence-corrected chi connectivity index (χ3v) is 6.71. The number of benzene rings is 2. The Kier molecular flexibility index (Phi) is 6.74. The molecule has 1 saturated heterocycles. The Morgan fingerprint density at radius 3 is 2.77 bits per heavy atom. The van der Waals surface area contributed by atoms with Gasteiger partial charge < -0.3 is 20.9 Å². The molecular formula is C27H31N7O. The molecule has 1 fully saturated rings. The molecule has 8 nitrogen and oxygen atoms in total. The average Bonchev–Trinajstić information content (AvgIpc) is 3.34. The molecule has 35 heavy (non-hydrogen) atoms. The quantitative estimate of drug-likeness (QED) is 0.364. The number of carbonyl (C=O) groups excluding carboxylic acids is 1. The Bertz CT molecular complexity index is 1320. The van der Waals surface area contributed by atoms with Crippen LogP contribution in [0, 0.1) is 0 Å². The first-order chi connectivity index (χ1) is 17.1. The number of nitrogens with zero attached hydrogens (tertiary/aromatic N) is 4. The van der Waals surface area contributed by atoms with Crippen LogP contribution in [-0.2, 0) is 6.42 Å². The highest BCUT2D eigenvalue weighted by molar-refractivity contribution is 5.94. The number of rotatable bonds is 8. The van der Waals surface area contributed by atoms with E-state index in [4.69, 9.17) is 5.73 Å². The Hall–Kier alpha value is -3.75. The number of nitrogens with one attached hydrogen (secondary N) is 2. The zero-order valence-corrected chi connectivity index (χ0v) is 20.0. The number of primary amides is 1. The number of carbonyl (C=O) groups is 1. The standard InChI is InChI=1S/C27H31N7O/c1-33-12-14-34(15-13-33)11-3-4-19-16-20(26(28)35)7-9-23(19)24-5-2-10-29-27(24)31-22-8-6-21-18-30-32-25(21)17-22/h2,5-10,16-18H,3-4,11-15H2,1H3,(H2,28,35)(H,29,31)(H,30,32). The summed E-state index contributed by atoms with van der Waals surface area (Å²) in [6, 6.07) is 15.8. The van der Waals surface area contributed by atoms with E-state index in [1.165, 1.54) is 0 Å². The number of pyridine rings is 1. The molecule has 0 bridgehead atoms. The summed E-state index contributed by atoms with van der Waals surface area (Å²) in [6.07, 6.45) is 5.46. The van der Waals surface area contributed by atoms with E-state index in [0.29, 0.717) is 5.56 Å². The molecule has 0 unspecified atom stereocenters. The molecule has 0 atom stereocenters. The number of hydrogen-bond acceptors (Lipinski definition) is 6. The van der Waals surface area contributed by atoms with E-state index < -0.39 is 5.91 Å². The summed E-state index contributed by atoms with van der Waals surface area (Å²) >= 11 is 0. The van der Waals surface area contributed by atoms with E-state index in [1.54, 1.807) is 18.5 Å². The first-order valence-electron chi connectivity index (χ1n) is 12.1. The number of amides is 1. The molecule has 1 amide bonds. The van der Waals surface area contributed by atoms with Crippen LogP contribution < -0.4 is 11.1 Å². The third-order valence-electron chi connectivity index (χ3n) is 6.71. The van der Waals surface area contributed by atoms with Crippen molar-refractivity contribution in [3.63, 3.8) is 0 Å². The van der Waals surface area contributed by atoms with Gasteiger partial charge in [-0.2, -0.15) is 5.10 Å². The molecule has 0 saturated carbocycles. The summed E-state index contributed by atoms with van der Waals surface area (Å²) in [7, 11) is 2.17. The molecule has 180 valence electrons. The average molecular weight is 470 g/mol. The Labute approximate surface area is 205 Å². The minimum atomic E-state index is -0.408. The maximum absolute atomic E-state index is 11.9. The van der Waals surface area contributed by atoms with Crippen LogP contribution in [0.2, 0.25) is 0 Å². The lowest BCUT2D eigenvalue weighted by atomic mass is 9.94. The third kappa shape index (κ3) is 5.34. The van der Waals surface area contributed by atoms with Crippen LogP contribution in [0.4, 0.5) is 11.5 Å². The largest absolute Gasteiger partial charge is 0.366 e. The molecule has 0 spiro atoms. The van der Waals surface area contributed by atoms with Crippen molar-refractivity contribution in [3.8, 4) is 11.1 Å². The van der Waals surface area contributed by atoms with Gasteiger partial charge in [-0.05, 0) is 80.0 Å². The molecule has 2 aromatic heterocycles. The molecule has 3 heterocycles. The number of nitrogens with two attached hydrogens (primary N) is 1. The van der Waals surface area contributed by atoms with Crippen LogP contribution in [0.25, 0.3) is 22.0 Å². The maximum Gasteiger partial charge on any atom is 0.248 e. The molecular weight excluding hydrogens is 438 g/mol. The van der Waals surface area contributed by atoms with E-state index in [9.17, 15) is 4.79 Å². The predicted octanol–water partition coefficient (Wildman–Crippen LogP) is 3.65. The number of aryl methyl sites for hydroxylation is 1. The van der Waals surface area contributed by atoms with Gasteiger partial charge in [-0.25, -0.2) is 4.98 Å². The van der Waals surface area contributed by atoms with Crippen LogP contribution in [0.3, 0.4) is 0 Å². The van der Waals surface area contributed by atoms with Gasteiger partial charge in [0.05, 0.1) is 11.7 Å². The van der Waals surface area contributed by atoms with Crippen molar-refractivity contribution in [3.05, 3.63) is 72.1 Å². The second-order valence-electron chi connectivity index (χ2n) is 9.18. The van der Waals surface area contributed by atoms with Crippen LogP contribution in [0.15, 0.2) is 60.9 Å². The fraction of sp³-hybridized carbons (Fsp3) is 0.296. The van der Waals surface area contributed by atoms with E-state index in [-0.39, 0.29) is 0 Å². The normalized spacial score (nSPS) is 14.9. The maximum atomic E-state index is 11.9. The molecule has 0 radical (unpaired) electrons. The summed E-state index contributed by atoms with van der Waals surface area (Å²) in [5, 5.41) is 11.6. The summed E-state index contributed by atoms with van der Waals surface area (Å²) in [5.41, 5.74) is 11.2. The van der Waals surface area contributed by atoms with E-state index in [0.717, 1.165) is 84.7 Å². The van der Waals surface area contributed by atoms with Crippen LogP contribution in [-0.4, -0.2) is 70.7 Å². The van der Waals surface area contributed by atoms with Gasteiger partial charge in [0.1, 0.15) is 5.82 Å². The lowest BCUT2D eigenvalue weighted by molar-refractivity contribution is 0.1000. The predicted molar refractivity (Wildman–Crippen MR) is 140 cm³/mol. The fourth-order valence-electron chi connectivity index (χ4n) is 4.65. The van der Waals surface area contributed by atoms with Crippen LogP contribution in [0.1, 0.15) is 22.3 Å². The summed E-state index contributed by atoms with van der Waals surface area (Å²) < 4.78 is 0. The zero-order chi connectivity index (χ0) is 24.2. The Balaban J connectivity index is 1.40. The molecule has 1 aliphatic heterocycles. The SMILES string of the molecule is CN1CCN(CCCc2cc(C(N)=O)ccc2-c2cccnc2Nc2ccc3cn[nH]c3c2)CC1. The number of piperazine rings is 1. The number of hydrogen-bond donors (Lipinski definition) is 3. The van der Waals surface area contributed by atoms with Crippen LogP contribution >= 0.6 is 0 Å². The number of likely N-dealkylation sites (N-methyl/N-ethyl adjacent to an activating group) is 1. The van der Waals surface area contributed by atoms with E-state index in [2.05, 4.69) is 43.4 Å². The Morgan fingerprint density at radius 2 is 1.94 bits per heavy atom. The topological polar surface area (TPSA) is 103 Å². The highest BCUT2D eigenvalue weighted by Gasteiger charge is 2.16. The minimum absolute atomic E-state index is 0.408. The number of aromatic amines is 1. The second-order valence-corrected chi connectivity index (χ2v) is 9.18. The fourth-order valence-corrected chi connectivity index (χ4v) is 4.65. The number of H-pyrrole nitrogens is 1. The Morgan fingerprint density at radius 1 is 1.09 bits per heavy atom. The van der Waals surface area contributed by atoms with Crippen LogP contribution in [0.5, 0.6) is 0 Å². The van der Waals surface area contributed by atoms with E-state index in [1.807, 2.05) is 36.4 Å². The lowest BCUT2D eigenvalue weighted by Gasteiger charge is -2.32. The van der Waals surface area contributed by atoms with Gasteiger partial charge in [0.15, 0.2) is 0 Å². The van der Waals surface area contributed by atoms with Crippen molar-refractivity contribution in [1.29, 1.82) is 0 Å². The number of fused-ring (bicyclic) bond motifs is 1. The monoisotopic (exact) mass is 469 g/mol. The highest BCUT2D eigenvalue weighted by atomic mass is 16.1. The first kappa shape index (κ1) is 23.0. The van der Waals surface area contributed by atoms with Gasteiger partial charge in [0, 0.05) is 54.6 Å². The van der Waals surface area contributed by atoms with Gasteiger partial charge in [0.2, 0.25) is 5.91 Å². The van der Waals surface area contributed by atoms with Crippen molar-refractivity contribution in [1.82, 2.24) is 25.0 Å². The lowest BCUT2D eigenvalue weighted by Crippen LogP contribution is -2.44. The number of anilines is 2. The highest BCUT2D eigenvalue weighted by Crippen LogP contribution is 2.33. The molecule has 0 aliphatic carbocycles. The van der Waals surface area contributed by atoms with Crippen molar-refractivity contribution in [2.45, 2.75) is 12.8 Å². The summed E-state index contributed by atoms with van der Waals surface area (Å²) in [4.78, 5) is 21.4. The summed E-state index contributed by atoms with van der Waals surface area (Å²) in [6.45, 7) is 5.45. The van der Waals surface area contributed by atoms with Crippen molar-refractivity contribution < 1.29 is 4.79 Å². The van der Waals surface area contributed by atoms with E-state index >= 15 is 0 Å². The molecule has 1 aliphatic rings. The van der Waals surface area contributed by atoms with Gasteiger partial charge >= 0.3 is 0 Å². The van der Waals surface area contributed by atoms with Gasteiger partial charge in [-0.15, -0.1) is 0 Å². The smallest absolute Gasteiger partial charge is 0.248 e. The van der Waals surface area contributed by atoms with Crippen molar-refractivity contribution in [2.24, 2.45) is 5.73 Å². The second kappa shape index (κ2) is 10.2. The first-order valence-corrected chi connectivity index (χ1v) is 12.1. The van der Waals surface area contributed by atoms with Gasteiger partial charge in [-0.3, -0.25) is 9.89 Å². The molecule has 2 aromatic carbocycles. The summed E-state index contributed by atoms with van der Waals surface area (Å²) in [5.74, 6) is 0.354.